The summed E-state index contributed by atoms with van der Waals surface area (Å²) >= 11 is 0. The van der Waals surface area contributed by atoms with E-state index in [0.29, 0.717) is 13.0 Å². The Kier molecular flexibility index (Phi) is 6.14. The molecule has 5 heteroatoms. The lowest BCUT2D eigenvalue weighted by Crippen LogP contribution is -2.32. The third-order valence-electron chi connectivity index (χ3n) is 4.76. The van der Waals surface area contributed by atoms with Crippen molar-refractivity contribution in [2.24, 2.45) is 0 Å². The molecule has 0 saturated heterocycles. The van der Waals surface area contributed by atoms with Gasteiger partial charge in [0.15, 0.2) is 0 Å². The number of rotatable bonds is 8. The molecular weight excluding hydrogens is 338 g/mol. The minimum Gasteiger partial charge on any atom is -0.497 e. The van der Waals surface area contributed by atoms with E-state index in [2.05, 4.69) is 33.4 Å². The summed E-state index contributed by atoms with van der Waals surface area (Å²) < 4.78 is 5.39. The van der Waals surface area contributed by atoms with E-state index in [0.717, 1.165) is 34.3 Å². The van der Waals surface area contributed by atoms with Crippen LogP contribution in [0.25, 0.3) is 10.9 Å². The minimum atomic E-state index is -0.0457. The summed E-state index contributed by atoms with van der Waals surface area (Å²) in [4.78, 5) is 18.0. The van der Waals surface area contributed by atoms with Gasteiger partial charge in [-0.05, 0) is 43.4 Å². The van der Waals surface area contributed by atoms with Crippen LogP contribution in [0.5, 0.6) is 5.75 Å². The van der Waals surface area contributed by atoms with Crippen LogP contribution in [0.1, 0.15) is 23.5 Å². The number of aromatic amines is 1. The van der Waals surface area contributed by atoms with Crippen molar-refractivity contribution in [3.8, 4) is 5.75 Å². The van der Waals surface area contributed by atoms with Crippen molar-refractivity contribution in [1.82, 2.24) is 15.2 Å². The van der Waals surface area contributed by atoms with Crippen LogP contribution in [0.4, 0.5) is 0 Å². The first-order valence-corrected chi connectivity index (χ1v) is 9.20. The van der Waals surface area contributed by atoms with E-state index in [-0.39, 0.29) is 11.8 Å². The maximum Gasteiger partial charge on any atom is 0.220 e. The van der Waals surface area contributed by atoms with E-state index < -0.39 is 0 Å². The lowest BCUT2D eigenvalue weighted by molar-refractivity contribution is -0.121. The normalized spacial score (nSPS) is 12.3. The molecule has 0 unspecified atom stereocenters. The van der Waals surface area contributed by atoms with Gasteiger partial charge >= 0.3 is 0 Å². The molecule has 3 aromatic rings. The standard InChI is InChI=1S/C22H27N3O2/c1-25(2)12-11-23-22(26)14-19(16-7-6-8-17(13-16)27-3)20-15-24-21-10-5-4-9-18(20)21/h4-10,13,15,19,24H,11-12,14H2,1-3H3,(H,23,26)/t19-/m0/s1. The van der Waals surface area contributed by atoms with Crippen LogP contribution in [-0.4, -0.2) is 50.1 Å². The van der Waals surface area contributed by atoms with E-state index in [1.54, 1.807) is 7.11 Å². The van der Waals surface area contributed by atoms with E-state index >= 15 is 0 Å². The van der Waals surface area contributed by atoms with Crippen LogP contribution < -0.4 is 10.1 Å². The topological polar surface area (TPSA) is 57.4 Å². The second kappa shape index (κ2) is 8.73. The zero-order valence-corrected chi connectivity index (χ0v) is 16.2. The SMILES string of the molecule is COc1cccc([C@H](CC(=O)NCCN(C)C)c2c[nH]c3ccccc23)c1. The second-order valence-electron chi connectivity index (χ2n) is 6.98. The van der Waals surface area contributed by atoms with Gasteiger partial charge in [-0.3, -0.25) is 4.79 Å². The van der Waals surface area contributed by atoms with Crippen LogP contribution in [-0.2, 0) is 4.79 Å². The van der Waals surface area contributed by atoms with Gasteiger partial charge in [-0.25, -0.2) is 0 Å². The number of hydrogen-bond acceptors (Lipinski definition) is 3. The number of ether oxygens (including phenoxy) is 1. The fourth-order valence-corrected chi connectivity index (χ4v) is 3.32. The molecule has 142 valence electrons. The molecule has 0 aliphatic carbocycles. The summed E-state index contributed by atoms with van der Waals surface area (Å²) in [5, 5.41) is 4.18. The average molecular weight is 365 g/mol. The molecule has 0 spiro atoms. The van der Waals surface area contributed by atoms with Crippen molar-refractivity contribution >= 4 is 16.8 Å². The molecule has 5 nitrogen and oxygen atoms in total. The molecule has 2 aromatic carbocycles. The number of hydrogen-bond donors (Lipinski definition) is 2. The molecule has 0 aliphatic heterocycles. The van der Waals surface area contributed by atoms with Crippen molar-refractivity contribution in [1.29, 1.82) is 0 Å². The fraction of sp³-hybridized carbons (Fsp3) is 0.318. The van der Waals surface area contributed by atoms with Crippen molar-refractivity contribution in [2.75, 3.05) is 34.3 Å². The van der Waals surface area contributed by atoms with Gasteiger partial charge in [0.1, 0.15) is 5.75 Å². The zero-order chi connectivity index (χ0) is 19.2. The van der Waals surface area contributed by atoms with Gasteiger partial charge in [-0.15, -0.1) is 0 Å². The lowest BCUT2D eigenvalue weighted by Gasteiger charge is -2.18. The fourth-order valence-electron chi connectivity index (χ4n) is 3.32. The molecule has 0 fully saturated rings. The molecule has 1 heterocycles. The smallest absolute Gasteiger partial charge is 0.220 e. The first kappa shape index (κ1) is 19.0. The molecule has 1 amide bonds. The van der Waals surface area contributed by atoms with Gasteiger partial charge in [0.25, 0.3) is 0 Å². The number of nitrogens with zero attached hydrogens (tertiary/aromatic N) is 1. The Morgan fingerprint density at radius 2 is 2.00 bits per heavy atom. The maximum atomic E-state index is 12.6. The predicted octanol–water partition coefficient (Wildman–Crippen LogP) is 3.38. The Labute approximate surface area is 160 Å². The summed E-state index contributed by atoms with van der Waals surface area (Å²) in [5.74, 6) is 0.802. The second-order valence-corrected chi connectivity index (χ2v) is 6.98. The van der Waals surface area contributed by atoms with Crippen LogP contribution in [0.2, 0.25) is 0 Å². The first-order valence-electron chi connectivity index (χ1n) is 9.20. The predicted molar refractivity (Wildman–Crippen MR) is 109 cm³/mol. The number of H-pyrrole nitrogens is 1. The number of benzene rings is 2. The molecule has 3 rings (SSSR count). The number of aromatic nitrogens is 1. The van der Waals surface area contributed by atoms with Gasteiger partial charge in [-0.2, -0.15) is 0 Å². The summed E-state index contributed by atoms with van der Waals surface area (Å²) in [7, 11) is 5.65. The highest BCUT2D eigenvalue weighted by Crippen LogP contribution is 2.34. The Morgan fingerprint density at radius 1 is 1.19 bits per heavy atom. The van der Waals surface area contributed by atoms with Crippen molar-refractivity contribution in [3.63, 3.8) is 0 Å². The monoisotopic (exact) mass is 365 g/mol. The molecule has 0 aliphatic rings. The van der Waals surface area contributed by atoms with Crippen molar-refractivity contribution in [3.05, 3.63) is 65.9 Å². The van der Waals surface area contributed by atoms with Crippen LogP contribution in [0, 0.1) is 0 Å². The first-order chi connectivity index (χ1) is 13.1. The Morgan fingerprint density at radius 3 is 2.78 bits per heavy atom. The van der Waals surface area contributed by atoms with E-state index in [9.17, 15) is 4.79 Å². The third-order valence-corrected chi connectivity index (χ3v) is 4.76. The quantitative estimate of drug-likeness (QED) is 0.643. The molecule has 0 bridgehead atoms. The van der Waals surface area contributed by atoms with Crippen molar-refractivity contribution < 1.29 is 9.53 Å². The molecule has 1 atom stereocenters. The number of likely N-dealkylation sites (N-methyl/N-ethyl adjacent to an activating group) is 1. The Bertz CT molecular complexity index is 901. The number of carbonyl (C=O) groups is 1. The summed E-state index contributed by atoms with van der Waals surface area (Å²) in [6.07, 6.45) is 2.41. The number of carbonyl (C=O) groups excluding carboxylic acids is 1. The number of methoxy groups -OCH3 is 1. The molecule has 2 N–H and O–H groups in total. The minimum absolute atomic E-state index is 0.0457. The highest BCUT2D eigenvalue weighted by molar-refractivity contribution is 5.86. The average Bonchev–Trinajstić information content (AvgIpc) is 3.10. The van der Waals surface area contributed by atoms with Crippen molar-refractivity contribution in [2.45, 2.75) is 12.3 Å². The third kappa shape index (κ3) is 4.68. The Balaban J connectivity index is 1.90. The van der Waals surface area contributed by atoms with Gasteiger partial charge in [0, 0.05) is 42.5 Å². The highest BCUT2D eigenvalue weighted by Gasteiger charge is 2.21. The van der Waals surface area contributed by atoms with Crippen LogP contribution in [0.15, 0.2) is 54.7 Å². The van der Waals surface area contributed by atoms with E-state index in [4.69, 9.17) is 4.74 Å². The van der Waals surface area contributed by atoms with Gasteiger partial charge in [0.2, 0.25) is 5.91 Å². The molecule has 27 heavy (non-hydrogen) atoms. The summed E-state index contributed by atoms with van der Waals surface area (Å²) in [6, 6.07) is 16.2. The van der Waals surface area contributed by atoms with Gasteiger partial charge in [-0.1, -0.05) is 30.3 Å². The largest absolute Gasteiger partial charge is 0.497 e. The van der Waals surface area contributed by atoms with Crippen LogP contribution >= 0.6 is 0 Å². The van der Waals surface area contributed by atoms with E-state index in [1.165, 1.54) is 0 Å². The van der Waals surface area contributed by atoms with E-state index in [1.807, 2.05) is 50.6 Å². The summed E-state index contributed by atoms with van der Waals surface area (Å²) in [6.45, 7) is 1.47. The molecule has 0 radical (unpaired) electrons. The number of amides is 1. The van der Waals surface area contributed by atoms with Gasteiger partial charge in [0.05, 0.1) is 7.11 Å². The number of para-hydroxylation sites is 1. The zero-order valence-electron chi connectivity index (χ0n) is 16.2. The highest BCUT2D eigenvalue weighted by atomic mass is 16.5. The van der Waals surface area contributed by atoms with Gasteiger partial charge < -0.3 is 19.9 Å². The molecule has 1 aromatic heterocycles. The maximum absolute atomic E-state index is 12.6. The molecular formula is C22H27N3O2. The van der Waals surface area contributed by atoms with Crippen LogP contribution in [0.3, 0.4) is 0 Å². The number of fused-ring (bicyclic) bond motifs is 1. The molecule has 0 saturated carbocycles. The lowest BCUT2D eigenvalue weighted by atomic mass is 9.88. The Hall–Kier alpha value is -2.79. The number of nitrogens with one attached hydrogen (secondary N) is 2. The summed E-state index contributed by atoms with van der Waals surface area (Å²) in [5.41, 5.74) is 3.27.